The highest BCUT2D eigenvalue weighted by molar-refractivity contribution is 6.42. The van der Waals surface area contributed by atoms with E-state index in [1.807, 2.05) is 0 Å². The van der Waals surface area contributed by atoms with Gasteiger partial charge >= 0.3 is 5.97 Å². The number of amides is 1. The highest BCUT2D eigenvalue weighted by Gasteiger charge is 2.34. The van der Waals surface area contributed by atoms with Gasteiger partial charge in [-0.2, -0.15) is 0 Å². The Hall–Kier alpha value is -1.46. The first-order valence-electron chi connectivity index (χ1n) is 7.03. The molecular weight excluding hydrogens is 329 g/mol. The monoisotopic (exact) mass is 345 g/mol. The van der Waals surface area contributed by atoms with Gasteiger partial charge < -0.3 is 15.2 Å². The number of carboxylic acid groups (broad SMARTS) is 1. The van der Waals surface area contributed by atoms with Gasteiger partial charge in [-0.1, -0.05) is 29.6 Å². The first-order chi connectivity index (χ1) is 10.4. The molecule has 0 heterocycles. The first-order valence-corrected chi connectivity index (χ1v) is 7.79. The van der Waals surface area contributed by atoms with E-state index in [2.05, 4.69) is 5.32 Å². The van der Waals surface area contributed by atoms with Crippen molar-refractivity contribution in [2.24, 2.45) is 5.92 Å². The van der Waals surface area contributed by atoms with Crippen LogP contribution in [0.5, 0.6) is 5.75 Å². The number of carbonyl (C=O) groups is 2. The maximum atomic E-state index is 12.1. The van der Waals surface area contributed by atoms with E-state index in [9.17, 15) is 9.59 Å². The molecule has 1 aromatic rings. The van der Waals surface area contributed by atoms with Crippen LogP contribution in [0.4, 0.5) is 0 Å². The van der Waals surface area contributed by atoms with Gasteiger partial charge in [0.1, 0.15) is 5.75 Å². The minimum Gasteiger partial charge on any atom is -0.481 e. The summed E-state index contributed by atoms with van der Waals surface area (Å²) in [5.74, 6) is -1.32. The summed E-state index contributed by atoms with van der Waals surface area (Å²) in [4.78, 5) is 23.2. The Bertz CT molecular complexity index is 579. The highest BCUT2D eigenvalue weighted by Crippen LogP contribution is 2.28. The van der Waals surface area contributed by atoms with E-state index in [4.69, 9.17) is 33.0 Å². The van der Waals surface area contributed by atoms with E-state index in [1.54, 1.807) is 19.1 Å². The fourth-order valence-electron chi connectivity index (χ4n) is 2.54. The Balaban J connectivity index is 1.94. The summed E-state index contributed by atoms with van der Waals surface area (Å²) in [5, 5.41) is 12.6. The summed E-state index contributed by atoms with van der Waals surface area (Å²) >= 11 is 11.7. The maximum Gasteiger partial charge on any atom is 0.308 e. The lowest BCUT2D eigenvalue weighted by Gasteiger charge is -2.21. The molecule has 7 heteroatoms. The molecule has 0 radical (unpaired) electrons. The lowest BCUT2D eigenvalue weighted by atomic mass is 10.0. The first kappa shape index (κ1) is 16.9. The zero-order valence-corrected chi connectivity index (χ0v) is 13.5. The fraction of sp³-hybridized carbons (Fsp3) is 0.467. The number of aliphatic carboxylic acids is 1. The summed E-state index contributed by atoms with van der Waals surface area (Å²) in [6.45, 7) is 1.60. The summed E-state index contributed by atoms with van der Waals surface area (Å²) in [5.41, 5.74) is 0. The van der Waals surface area contributed by atoms with E-state index in [1.165, 1.54) is 6.07 Å². The molecule has 1 saturated carbocycles. The normalized spacial score (nSPS) is 22.1. The van der Waals surface area contributed by atoms with Gasteiger partial charge in [0.05, 0.1) is 16.0 Å². The molecule has 2 rings (SSSR count). The van der Waals surface area contributed by atoms with Crippen molar-refractivity contribution in [3.63, 3.8) is 0 Å². The van der Waals surface area contributed by atoms with Crippen LogP contribution in [0.1, 0.15) is 26.2 Å². The predicted molar refractivity (Wildman–Crippen MR) is 83.5 cm³/mol. The van der Waals surface area contributed by atoms with Gasteiger partial charge in [0.2, 0.25) is 0 Å². The Labute approximate surface area is 138 Å². The molecule has 1 fully saturated rings. The van der Waals surface area contributed by atoms with Gasteiger partial charge in [0.25, 0.3) is 5.91 Å². The topological polar surface area (TPSA) is 75.6 Å². The van der Waals surface area contributed by atoms with Crippen molar-refractivity contribution < 1.29 is 19.4 Å². The molecule has 5 nitrogen and oxygen atoms in total. The maximum absolute atomic E-state index is 12.1. The van der Waals surface area contributed by atoms with Gasteiger partial charge in [-0.3, -0.25) is 9.59 Å². The molecule has 0 bridgehead atoms. The van der Waals surface area contributed by atoms with Gasteiger partial charge in [-0.25, -0.2) is 0 Å². The van der Waals surface area contributed by atoms with Crippen LogP contribution >= 0.6 is 23.2 Å². The van der Waals surface area contributed by atoms with Crippen LogP contribution in [0.25, 0.3) is 0 Å². The van der Waals surface area contributed by atoms with Crippen LogP contribution in [-0.4, -0.2) is 29.1 Å². The van der Waals surface area contributed by atoms with Crippen molar-refractivity contribution in [1.82, 2.24) is 5.32 Å². The smallest absolute Gasteiger partial charge is 0.308 e. The number of carboxylic acids is 1. The third kappa shape index (κ3) is 4.05. The molecule has 0 spiro atoms. The van der Waals surface area contributed by atoms with Crippen molar-refractivity contribution in [3.8, 4) is 5.75 Å². The Morgan fingerprint density at radius 1 is 1.32 bits per heavy atom. The van der Waals surface area contributed by atoms with Gasteiger partial charge in [-0.15, -0.1) is 0 Å². The molecule has 1 aromatic carbocycles. The molecule has 0 aromatic heterocycles. The number of halogens is 2. The zero-order chi connectivity index (χ0) is 16.3. The lowest BCUT2D eigenvalue weighted by molar-refractivity contribution is -0.142. The van der Waals surface area contributed by atoms with Crippen molar-refractivity contribution in [2.45, 2.75) is 38.3 Å². The van der Waals surface area contributed by atoms with E-state index in [-0.39, 0.29) is 11.9 Å². The van der Waals surface area contributed by atoms with Gasteiger partial charge in [0.15, 0.2) is 6.10 Å². The molecular formula is C15H17Cl2NO4. The van der Waals surface area contributed by atoms with E-state index >= 15 is 0 Å². The summed E-state index contributed by atoms with van der Waals surface area (Å²) in [7, 11) is 0. The second kappa shape index (κ2) is 7.20. The van der Waals surface area contributed by atoms with Crippen LogP contribution in [0, 0.1) is 5.92 Å². The van der Waals surface area contributed by atoms with Gasteiger partial charge in [-0.05, 0) is 31.9 Å². The van der Waals surface area contributed by atoms with Crippen molar-refractivity contribution in [2.75, 3.05) is 0 Å². The number of hydrogen-bond donors (Lipinski definition) is 2. The van der Waals surface area contributed by atoms with Crippen molar-refractivity contribution in [1.29, 1.82) is 0 Å². The number of nitrogens with one attached hydrogen (secondary N) is 1. The summed E-state index contributed by atoms with van der Waals surface area (Å²) < 4.78 is 5.52. The molecule has 3 atom stereocenters. The van der Waals surface area contributed by atoms with E-state index < -0.39 is 18.0 Å². The second-order valence-electron chi connectivity index (χ2n) is 5.33. The van der Waals surface area contributed by atoms with Gasteiger partial charge in [0, 0.05) is 12.1 Å². The Morgan fingerprint density at radius 3 is 2.68 bits per heavy atom. The third-order valence-electron chi connectivity index (χ3n) is 3.73. The molecule has 1 amide bonds. The van der Waals surface area contributed by atoms with Crippen molar-refractivity contribution >= 4 is 35.1 Å². The number of benzene rings is 1. The van der Waals surface area contributed by atoms with Crippen LogP contribution in [0.3, 0.4) is 0 Å². The molecule has 22 heavy (non-hydrogen) atoms. The highest BCUT2D eigenvalue weighted by atomic mass is 35.5. The lowest BCUT2D eigenvalue weighted by Crippen LogP contribution is -2.45. The standard InChI is InChI=1S/C15H17Cl2NO4/c1-8(22-9-5-6-11(16)12(17)7-9)14(19)18-13-4-2-3-10(13)15(20)21/h5-8,10,13H,2-4H2,1H3,(H,18,19)(H,20,21)/t8?,10-,13+/m0/s1. The summed E-state index contributed by atoms with van der Waals surface area (Å²) in [6, 6.07) is 4.39. The molecule has 120 valence electrons. The molecule has 1 aliphatic carbocycles. The fourth-order valence-corrected chi connectivity index (χ4v) is 2.82. The SMILES string of the molecule is CC(Oc1ccc(Cl)c(Cl)c1)C(=O)N[C@@H]1CCC[C@@H]1C(=O)O. The predicted octanol–water partition coefficient (Wildman–Crippen LogP) is 3.13. The summed E-state index contributed by atoms with van der Waals surface area (Å²) in [6.07, 6.45) is 1.29. The van der Waals surface area contributed by atoms with Crippen LogP contribution in [0.15, 0.2) is 18.2 Å². The molecule has 0 aliphatic heterocycles. The number of ether oxygens (including phenoxy) is 1. The van der Waals surface area contributed by atoms with Crippen LogP contribution in [0.2, 0.25) is 10.0 Å². The molecule has 0 saturated heterocycles. The van der Waals surface area contributed by atoms with Crippen molar-refractivity contribution in [3.05, 3.63) is 28.2 Å². The minimum absolute atomic E-state index is 0.341. The van der Waals surface area contributed by atoms with E-state index in [0.29, 0.717) is 28.6 Å². The molecule has 1 aliphatic rings. The number of rotatable bonds is 5. The Morgan fingerprint density at radius 2 is 2.05 bits per heavy atom. The number of carbonyl (C=O) groups excluding carboxylic acids is 1. The Kier molecular flexibility index (Phi) is 5.53. The molecule has 2 N–H and O–H groups in total. The van der Waals surface area contributed by atoms with Crippen LogP contribution in [-0.2, 0) is 9.59 Å². The minimum atomic E-state index is -0.874. The average Bonchev–Trinajstić information content (AvgIpc) is 2.91. The third-order valence-corrected chi connectivity index (χ3v) is 4.47. The number of hydrogen-bond acceptors (Lipinski definition) is 3. The molecule has 1 unspecified atom stereocenters. The second-order valence-corrected chi connectivity index (χ2v) is 6.14. The van der Waals surface area contributed by atoms with E-state index in [0.717, 1.165) is 6.42 Å². The largest absolute Gasteiger partial charge is 0.481 e. The zero-order valence-electron chi connectivity index (χ0n) is 12.0. The quantitative estimate of drug-likeness (QED) is 0.859. The average molecular weight is 346 g/mol. The van der Waals surface area contributed by atoms with Crippen LogP contribution < -0.4 is 10.1 Å².